The quantitative estimate of drug-likeness (QED) is 0.747. The molecule has 1 aromatic rings. The summed E-state index contributed by atoms with van der Waals surface area (Å²) in [5, 5.41) is 0. The lowest BCUT2D eigenvalue weighted by molar-refractivity contribution is 0.0185. The number of piperidine rings is 1. The molecule has 1 saturated heterocycles. The molecular weight excluding hydrogens is 298 g/mol. The number of allylic oxidation sites excluding steroid dienone is 1. The molecule has 1 heterocycles. The zero-order valence-electron chi connectivity index (χ0n) is 15.8. The highest BCUT2D eigenvalue weighted by Crippen LogP contribution is 2.23. The van der Waals surface area contributed by atoms with Gasteiger partial charge in [-0.15, -0.1) is 0 Å². The molecule has 24 heavy (non-hydrogen) atoms. The average Bonchev–Trinajstić information content (AvgIpc) is 2.49. The summed E-state index contributed by atoms with van der Waals surface area (Å²) in [5.41, 5.74) is 3.57. The van der Waals surface area contributed by atoms with Crippen molar-refractivity contribution in [2.75, 3.05) is 13.1 Å². The Labute approximate surface area is 146 Å². The highest BCUT2D eigenvalue weighted by Gasteiger charge is 2.26. The SMILES string of the molecule is Cc1cccc(C)c1/C=C/CC1CCN(C(=O)OC(C)(C)C)CC1. The Hall–Kier alpha value is -1.77. The van der Waals surface area contributed by atoms with Gasteiger partial charge in [-0.05, 0) is 76.5 Å². The van der Waals surface area contributed by atoms with Crippen LogP contribution in [0.2, 0.25) is 0 Å². The van der Waals surface area contributed by atoms with E-state index in [1.54, 1.807) is 0 Å². The number of benzene rings is 1. The van der Waals surface area contributed by atoms with E-state index in [1.807, 2.05) is 25.7 Å². The first kappa shape index (κ1) is 18.6. The van der Waals surface area contributed by atoms with Crippen LogP contribution in [0.4, 0.5) is 4.79 Å². The van der Waals surface area contributed by atoms with Gasteiger partial charge in [0.25, 0.3) is 0 Å². The molecule has 2 rings (SSSR count). The lowest BCUT2D eigenvalue weighted by Gasteiger charge is -2.33. The summed E-state index contributed by atoms with van der Waals surface area (Å²) >= 11 is 0. The molecule has 0 radical (unpaired) electrons. The molecule has 0 aliphatic carbocycles. The number of amides is 1. The van der Waals surface area contributed by atoms with E-state index in [4.69, 9.17) is 4.74 Å². The molecule has 0 saturated carbocycles. The van der Waals surface area contributed by atoms with E-state index < -0.39 is 5.60 Å². The second-order valence-electron chi connectivity index (χ2n) is 7.85. The van der Waals surface area contributed by atoms with Gasteiger partial charge in [-0.1, -0.05) is 30.4 Å². The fourth-order valence-corrected chi connectivity index (χ4v) is 3.15. The van der Waals surface area contributed by atoms with Crippen LogP contribution in [-0.2, 0) is 4.74 Å². The Morgan fingerprint density at radius 3 is 2.33 bits per heavy atom. The van der Waals surface area contributed by atoms with Crippen LogP contribution >= 0.6 is 0 Å². The number of carbonyl (C=O) groups excluding carboxylic acids is 1. The van der Waals surface area contributed by atoms with Crippen molar-refractivity contribution in [3.63, 3.8) is 0 Å². The predicted octanol–water partition coefficient (Wildman–Crippen LogP) is 5.35. The maximum atomic E-state index is 12.1. The summed E-state index contributed by atoms with van der Waals surface area (Å²) in [4.78, 5) is 13.9. The highest BCUT2D eigenvalue weighted by molar-refractivity contribution is 5.68. The van der Waals surface area contributed by atoms with Crippen LogP contribution in [0.5, 0.6) is 0 Å². The number of nitrogens with zero attached hydrogens (tertiary/aromatic N) is 1. The summed E-state index contributed by atoms with van der Waals surface area (Å²) in [6.07, 6.45) is 7.56. The van der Waals surface area contributed by atoms with Crippen molar-refractivity contribution in [3.05, 3.63) is 41.0 Å². The molecule has 0 bridgehead atoms. The molecule has 0 spiro atoms. The van der Waals surface area contributed by atoms with Crippen LogP contribution in [0.15, 0.2) is 24.3 Å². The molecule has 0 atom stereocenters. The minimum absolute atomic E-state index is 0.174. The highest BCUT2D eigenvalue weighted by atomic mass is 16.6. The largest absolute Gasteiger partial charge is 0.444 e. The molecule has 1 aromatic carbocycles. The lowest BCUT2D eigenvalue weighted by Crippen LogP contribution is -2.41. The fourth-order valence-electron chi connectivity index (χ4n) is 3.15. The molecule has 1 amide bonds. The van der Waals surface area contributed by atoms with Gasteiger partial charge in [0.1, 0.15) is 5.60 Å². The van der Waals surface area contributed by atoms with E-state index in [0.717, 1.165) is 32.4 Å². The van der Waals surface area contributed by atoms with Crippen LogP contribution in [0.25, 0.3) is 6.08 Å². The number of rotatable bonds is 3. The van der Waals surface area contributed by atoms with Crippen molar-refractivity contribution in [2.45, 2.75) is 59.5 Å². The second-order valence-corrected chi connectivity index (χ2v) is 7.85. The van der Waals surface area contributed by atoms with Crippen molar-refractivity contribution in [3.8, 4) is 0 Å². The van der Waals surface area contributed by atoms with E-state index in [9.17, 15) is 4.79 Å². The molecule has 1 fully saturated rings. The van der Waals surface area contributed by atoms with Gasteiger partial charge < -0.3 is 9.64 Å². The van der Waals surface area contributed by atoms with Crippen molar-refractivity contribution < 1.29 is 9.53 Å². The number of likely N-dealkylation sites (tertiary alicyclic amines) is 1. The zero-order valence-corrected chi connectivity index (χ0v) is 15.8. The molecule has 3 nitrogen and oxygen atoms in total. The molecular formula is C21H31NO2. The van der Waals surface area contributed by atoms with Gasteiger partial charge in [0.05, 0.1) is 0 Å². The summed E-state index contributed by atoms with van der Waals surface area (Å²) in [5.74, 6) is 0.657. The summed E-state index contributed by atoms with van der Waals surface area (Å²) in [6.45, 7) is 11.7. The van der Waals surface area contributed by atoms with Crippen LogP contribution < -0.4 is 0 Å². The fraction of sp³-hybridized carbons (Fsp3) is 0.571. The molecule has 0 aromatic heterocycles. The van der Waals surface area contributed by atoms with Gasteiger partial charge in [0.2, 0.25) is 0 Å². The molecule has 1 aliphatic rings. The number of hydrogen-bond donors (Lipinski definition) is 0. The van der Waals surface area contributed by atoms with Gasteiger partial charge in [0.15, 0.2) is 0 Å². The number of ether oxygens (including phenoxy) is 1. The maximum absolute atomic E-state index is 12.1. The average molecular weight is 329 g/mol. The first-order valence-electron chi connectivity index (χ1n) is 8.97. The van der Waals surface area contributed by atoms with Gasteiger partial charge in [-0.2, -0.15) is 0 Å². The smallest absolute Gasteiger partial charge is 0.410 e. The number of hydrogen-bond acceptors (Lipinski definition) is 2. The molecule has 1 aliphatic heterocycles. The normalized spacial score (nSPS) is 16.6. The molecule has 132 valence electrons. The summed E-state index contributed by atoms with van der Waals surface area (Å²) in [7, 11) is 0. The number of carbonyl (C=O) groups is 1. The third kappa shape index (κ3) is 5.40. The minimum atomic E-state index is -0.415. The molecule has 3 heteroatoms. The van der Waals surface area contributed by atoms with E-state index in [2.05, 4.69) is 44.2 Å². The Kier molecular flexibility index (Phi) is 6.09. The molecule has 0 N–H and O–H groups in total. The Bertz CT molecular complexity index is 570. The Balaban J connectivity index is 1.81. The van der Waals surface area contributed by atoms with Gasteiger partial charge in [-0.25, -0.2) is 4.79 Å². The van der Waals surface area contributed by atoms with Crippen molar-refractivity contribution >= 4 is 12.2 Å². The van der Waals surface area contributed by atoms with Crippen LogP contribution in [0, 0.1) is 19.8 Å². The van der Waals surface area contributed by atoms with Gasteiger partial charge >= 0.3 is 6.09 Å². The first-order chi connectivity index (χ1) is 11.3. The Morgan fingerprint density at radius 1 is 1.21 bits per heavy atom. The minimum Gasteiger partial charge on any atom is -0.444 e. The van der Waals surface area contributed by atoms with Gasteiger partial charge in [-0.3, -0.25) is 0 Å². The van der Waals surface area contributed by atoms with Gasteiger partial charge in [0, 0.05) is 13.1 Å². The lowest BCUT2D eigenvalue weighted by atomic mass is 9.93. The van der Waals surface area contributed by atoms with E-state index in [-0.39, 0.29) is 6.09 Å². The topological polar surface area (TPSA) is 29.5 Å². The van der Waals surface area contributed by atoms with Crippen molar-refractivity contribution in [1.82, 2.24) is 4.90 Å². The molecule has 0 unspecified atom stereocenters. The van der Waals surface area contributed by atoms with Crippen LogP contribution in [0.3, 0.4) is 0 Å². The second kappa shape index (κ2) is 7.87. The summed E-state index contributed by atoms with van der Waals surface area (Å²) < 4.78 is 5.45. The standard InChI is InChI=1S/C21H31NO2/c1-16-8-6-9-17(2)19(16)11-7-10-18-12-14-22(15-13-18)20(23)24-21(3,4)5/h6-9,11,18H,10,12-15H2,1-5H3/b11-7+. The first-order valence-corrected chi connectivity index (χ1v) is 8.97. The third-order valence-corrected chi connectivity index (χ3v) is 4.56. The van der Waals surface area contributed by atoms with E-state index in [0.29, 0.717) is 5.92 Å². The van der Waals surface area contributed by atoms with Crippen molar-refractivity contribution in [1.29, 1.82) is 0 Å². The van der Waals surface area contributed by atoms with Crippen LogP contribution in [0.1, 0.15) is 56.7 Å². The zero-order chi connectivity index (χ0) is 17.7. The monoisotopic (exact) mass is 329 g/mol. The van der Waals surface area contributed by atoms with E-state index in [1.165, 1.54) is 16.7 Å². The predicted molar refractivity (Wildman–Crippen MR) is 100 cm³/mol. The number of aryl methyl sites for hydroxylation is 2. The summed E-state index contributed by atoms with van der Waals surface area (Å²) in [6, 6.07) is 6.42. The maximum Gasteiger partial charge on any atom is 0.410 e. The third-order valence-electron chi connectivity index (χ3n) is 4.56. The van der Waals surface area contributed by atoms with E-state index >= 15 is 0 Å². The van der Waals surface area contributed by atoms with Crippen molar-refractivity contribution in [2.24, 2.45) is 5.92 Å². The Morgan fingerprint density at radius 2 is 1.79 bits per heavy atom. The van der Waals surface area contributed by atoms with Crippen LogP contribution in [-0.4, -0.2) is 29.7 Å².